The third kappa shape index (κ3) is 4.17. The molecule has 0 aliphatic carbocycles. The third-order valence-corrected chi connectivity index (χ3v) is 2.71. The number of hydrogen-bond donors (Lipinski definition) is 2. The second-order valence-corrected chi connectivity index (χ2v) is 4.29. The molecule has 0 heterocycles. The molecule has 94 valence electrons. The van der Waals surface area contributed by atoms with E-state index >= 15 is 0 Å². The molecule has 0 saturated carbocycles. The van der Waals surface area contributed by atoms with Crippen LogP contribution in [0.25, 0.3) is 0 Å². The Morgan fingerprint density at radius 2 is 2.24 bits per heavy atom. The standard InChI is InChI=1S/C13H20N2O2/c1-10-4-3-5-11(8-10)6-7-15(2)13(17)12(14)9-16/h3-5,8,12,16H,6-7,9,14H2,1-2H3. The van der Waals surface area contributed by atoms with Gasteiger partial charge in [0.05, 0.1) is 6.61 Å². The Morgan fingerprint density at radius 1 is 1.53 bits per heavy atom. The summed E-state index contributed by atoms with van der Waals surface area (Å²) in [5.41, 5.74) is 7.88. The number of hydrogen-bond acceptors (Lipinski definition) is 3. The molecule has 0 aromatic heterocycles. The highest BCUT2D eigenvalue weighted by atomic mass is 16.3. The molecular formula is C13H20N2O2. The Bertz CT molecular complexity index is 379. The summed E-state index contributed by atoms with van der Waals surface area (Å²) >= 11 is 0. The number of nitrogens with two attached hydrogens (primary N) is 1. The van der Waals surface area contributed by atoms with Crippen molar-refractivity contribution in [2.24, 2.45) is 5.73 Å². The van der Waals surface area contributed by atoms with Crippen molar-refractivity contribution < 1.29 is 9.90 Å². The van der Waals surface area contributed by atoms with Crippen molar-refractivity contribution in [1.82, 2.24) is 4.90 Å². The van der Waals surface area contributed by atoms with Gasteiger partial charge in [-0.05, 0) is 18.9 Å². The van der Waals surface area contributed by atoms with Gasteiger partial charge in [-0.1, -0.05) is 29.8 Å². The van der Waals surface area contributed by atoms with Crippen LogP contribution in [0.5, 0.6) is 0 Å². The maximum atomic E-state index is 11.6. The molecule has 4 nitrogen and oxygen atoms in total. The van der Waals surface area contributed by atoms with Crippen molar-refractivity contribution in [3.05, 3.63) is 35.4 Å². The van der Waals surface area contributed by atoms with Crippen LogP contribution >= 0.6 is 0 Å². The quantitative estimate of drug-likeness (QED) is 0.773. The summed E-state index contributed by atoms with van der Waals surface area (Å²) < 4.78 is 0. The molecule has 1 rings (SSSR count). The molecule has 3 N–H and O–H groups in total. The van der Waals surface area contributed by atoms with E-state index in [1.54, 1.807) is 11.9 Å². The van der Waals surface area contributed by atoms with Gasteiger partial charge < -0.3 is 15.7 Å². The number of aryl methyl sites for hydroxylation is 1. The molecule has 0 saturated heterocycles. The number of rotatable bonds is 5. The van der Waals surface area contributed by atoms with E-state index in [9.17, 15) is 4.79 Å². The van der Waals surface area contributed by atoms with Crippen LogP contribution in [-0.4, -0.2) is 42.2 Å². The van der Waals surface area contributed by atoms with E-state index < -0.39 is 6.04 Å². The van der Waals surface area contributed by atoms with Crippen LogP contribution in [-0.2, 0) is 11.2 Å². The highest BCUT2D eigenvalue weighted by Gasteiger charge is 2.16. The predicted octanol–water partition coefficient (Wildman–Crippen LogP) is 0.316. The second-order valence-electron chi connectivity index (χ2n) is 4.29. The van der Waals surface area contributed by atoms with Crippen LogP contribution in [0.2, 0.25) is 0 Å². The van der Waals surface area contributed by atoms with Gasteiger partial charge >= 0.3 is 0 Å². The van der Waals surface area contributed by atoms with E-state index in [0.717, 1.165) is 6.42 Å². The van der Waals surface area contributed by atoms with Crippen molar-refractivity contribution in [1.29, 1.82) is 0 Å². The zero-order chi connectivity index (χ0) is 12.8. The molecule has 4 heteroatoms. The smallest absolute Gasteiger partial charge is 0.241 e. The lowest BCUT2D eigenvalue weighted by Gasteiger charge is -2.20. The Labute approximate surface area is 102 Å². The molecule has 1 aromatic rings. The van der Waals surface area contributed by atoms with E-state index in [-0.39, 0.29) is 12.5 Å². The van der Waals surface area contributed by atoms with Crippen molar-refractivity contribution in [2.45, 2.75) is 19.4 Å². The zero-order valence-corrected chi connectivity index (χ0v) is 10.4. The fourth-order valence-electron chi connectivity index (χ4n) is 1.64. The van der Waals surface area contributed by atoms with Crippen LogP contribution in [0.15, 0.2) is 24.3 Å². The number of carbonyl (C=O) groups is 1. The largest absolute Gasteiger partial charge is 0.394 e. The van der Waals surface area contributed by atoms with Crippen LogP contribution in [0, 0.1) is 6.92 Å². The molecule has 0 radical (unpaired) electrons. The van der Waals surface area contributed by atoms with Gasteiger partial charge in [0.2, 0.25) is 5.91 Å². The number of aliphatic hydroxyl groups excluding tert-OH is 1. The van der Waals surface area contributed by atoms with Gasteiger partial charge in [0.15, 0.2) is 0 Å². The third-order valence-electron chi connectivity index (χ3n) is 2.71. The fraction of sp³-hybridized carbons (Fsp3) is 0.462. The van der Waals surface area contributed by atoms with Gasteiger partial charge in [0, 0.05) is 13.6 Å². The molecule has 0 fully saturated rings. The lowest BCUT2D eigenvalue weighted by atomic mass is 10.1. The Kier molecular flexibility index (Phi) is 5.12. The Balaban J connectivity index is 2.48. The van der Waals surface area contributed by atoms with E-state index in [2.05, 4.69) is 6.07 Å². The highest BCUT2D eigenvalue weighted by molar-refractivity contribution is 5.81. The normalized spacial score (nSPS) is 12.2. The van der Waals surface area contributed by atoms with Crippen molar-refractivity contribution in [3.63, 3.8) is 0 Å². The lowest BCUT2D eigenvalue weighted by molar-refractivity contribution is -0.132. The number of nitrogens with zero attached hydrogens (tertiary/aromatic N) is 1. The first kappa shape index (κ1) is 13.7. The zero-order valence-electron chi connectivity index (χ0n) is 10.4. The second kappa shape index (κ2) is 6.37. The average Bonchev–Trinajstić information content (AvgIpc) is 2.34. The number of amides is 1. The Morgan fingerprint density at radius 3 is 2.82 bits per heavy atom. The monoisotopic (exact) mass is 236 g/mol. The van der Waals surface area contributed by atoms with E-state index in [1.807, 2.05) is 25.1 Å². The van der Waals surface area contributed by atoms with E-state index in [0.29, 0.717) is 6.54 Å². The molecule has 17 heavy (non-hydrogen) atoms. The highest BCUT2D eigenvalue weighted by Crippen LogP contribution is 2.05. The van der Waals surface area contributed by atoms with Gasteiger partial charge in [-0.2, -0.15) is 0 Å². The van der Waals surface area contributed by atoms with Crippen LogP contribution in [0.1, 0.15) is 11.1 Å². The number of benzene rings is 1. The summed E-state index contributed by atoms with van der Waals surface area (Å²) in [6.45, 7) is 2.34. The van der Waals surface area contributed by atoms with Crippen LogP contribution in [0.4, 0.5) is 0 Å². The Hall–Kier alpha value is -1.39. The fourth-order valence-corrected chi connectivity index (χ4v) is 1.64. The van der Waals surface area contributed by atoms with E-state index in [1.165, 1.54) is 11.1 Å². The van der Waals surface area contributed by atoms with Crippen LogP contribution in [0.3, 0.4) is 0 Å². The molecule has 0 aliphatic rings. The summed E-state index contributed by atoms with van der Waals surface area (Å²) in [6, 6.07) is 7.38. The van der Waals surface area contributed by atoms with Gasteiger partial charge in [0.1, 0.15) is 6.04 Å². The maximum Gasteiger partial charge on any atom is 0.241 e. The van der Waals surface area contributed by atoms with Crippen LogP contribution < -0.4 is 5.73 Å². The van der Waals surface area contributed by atoms with Crippen molar-refractivity contribution in [2.75, 3.05) is 20.2 Å². The first-order valence-corrected chi connectivity index (χ1v) is 5.71. The topological polar surface area (TPSA) is 66.6 Å². The van der Waals surface area contributed by atoms with Gasteiger partial charge in [0.25, 0.3) is 0 Å². The minimum Gasteiger partial charge on any atom is -0.394 e. The molecule has 1 aromatic carbocycles. The number of likely N-dealkylation sites (N-methyl/N-ethyl adjacent to an activating group) is 1. The van der Waals surface area contributed by atoms with Crippen molar-refractivity contribution >= 4 is 5.91 Å². The minimum absolute atomic E-state index is 0.222. The first-order chi connectivity index (χ1) is 8.04. The summed E-state index contributed by atoms with van der Waals surface area (Å²) in [5, 5.41) is 8.80. The number of carbonyl (C=O) groups excluding carboxylic acids is 1. The number of aliphatic hydroxyl groups is 1. The molecular weight excluding hydrogens is 216 g/mol. The molecule has 0 spiro atoms. The lowest BCUT2D eigenvalue weighted by Crippen LogP contribution is -2.44. The predicted molar refractivity (Wildman–Crippen MR) is 67.6 cm³/mol. The summed E-state index contributed by atoms with van der Waals surface area (Å²) in [5.74, 6) is -0.222. The molecule has 1 atom stereocenters. The van der Waals surface area contributed by atoms with Gasteiger partial charge in [-0.25, -0.2) is 0 Å². The maximum absolute atomic E-state index is 11.6. The minimum atomic E-state index is -0.808. The molecule has 0 aliphatic heterocycles. The van der Waals surface area contributed by atoms with Gasteiger partial charge in [-0.3, -0.25) is 4.79 Å². The SMILES string of the molecule is Cc1cccc(CCN(C)C(=O)C(N)CO)c1. The average molecular weight is 236 g/mol. The summed E-state index contributed by atoms with van der Waals surface area (Å²) in [7, 11) is 1.70. The van der Waals surface area contributed by atoms with Crippen molar-refractivity contribution in [3.8, 4) is 0 Å². The van der Waals surface area contributed by atoms with Gasteiger partial charge in [-0.15, -0.1) is 0 Å². The molecule has 1 amide bonds. The van der Waals surface area contributed by atoms with E-state index in [4.69, 9.17) is 10.8 Å². The summed E-state index contributed by atoms with van der Waals surface area (Å²) in [6.07, 6.45) is 0.794. The molecule has 0 bridgehead atoms. The summed E-state index contributed by atoms with van der Waals surface area (Å²) in [4.78, 5) is 13.2. The first-order valence-electron chi connectivity index (χ1n) is 5.71. The molecule has 1 unspecified atom stereocenters.